The zero-order valence-corrected chi connectivity index (χ0v) is 10.8. The van der Waals surface area contributed by atoms with Gasteiger partial charge in [0.25, 0.3) is 5.91 Å². The number of amides is 1. The van der Waals surface area contributed by atoms with Crippen LogP contribution in [-0.4, -0.2) is 17.4 Å². The Morgan fingerprint density at radius 1 is 1.25 bits per heavy atom. The normalized spacial score (nSPS) is 10.1. The van der Waals surface area contributed by atoms with E-state index in [9.17, 15) is 9.18 Å². The predicted molar refractivity (Wildman–Crippen MR) is 74.5 cm³/mol. The summed E-state index contributed by atoms with van der Waals surface area (Å²) in [5, 5.41) is 2.71. The molecule has 104 valence electrons. The van der Waals surface area contributed by atoms with Crippen LogP contribution in [0.4, 0.5) is 10.1 Å². The van der Waals surface area contributed by atoms with E-state index in [4.69, 9.17) is 5.84 Å². The van der Waals surface area contributed by atoms with Crippen LogP contribution in [0.25, 0.3) is 0 Å². The SMILES string of the molecule is NNc1c(F)cccc1C(=O)NCCc1ccccn1. The number of pyridine rings is 1. The third-order valence-electron chi connectivity index (χ3n) is 2.80. The van der Waals surface area contributed by atoms with Crippen LogP contribution in [0.5, 0.6) is 0 Å². The maximum atomic E-state index is 13.5. The molecular formula is C14H15FN4O. The molecule has 0 fully saturated rings. The summed E-state index contributed by atoms with van der Waals surface area (Å²) in [6, 6.07) is 9.79. The van der Waals surface area contributed by atoms with Crippen LogP contribution in [0.15, 0.2) is 42.6 Å². The number of anilines is 1. The van der Waals surface area contributed by atoms with Gasteiger partial charge in [-0.25, -0.2) is 4.39 Å². The lowest BCUT2D eigenvalue weighted by atomic mass is 10.1. The summed E-state index contributed by atoms with van der Waals surface area (Å²) in [5.41, 5.74) is 3.25. The van der Waals surface area contributed by atoms with Crippen LogP contribution < -0.4 is 16.6 Å². The number of rotatable bonds is 5. The Labute approximate surface area is 116 Å². The predicted octanol–water partition coefficient (Wildman–Crippen LogP) is 1.48. The molecule has 0 atom stereocenters. The van der Waals surface area contributed by atoms with Crippen LogP contribution in [0.3, 0.4) is 0 Å². The first-order valence-corrected chi connectivity index (χ1v) is 6.15. The number of nitrogen functional groups attached to an aromatic ring is 1. The van der Waals surface area contributed by atoms with Gasteiger partial charge in [0.05, 0.1) is 11.3 Å². The van der Waals surface area contributed by atoms with Gasteiger partial charge in [0.1, 0.15) is 5.82 Å². The van der Waals surface area contributed by atoms with Gasteiger partial charge in [0, 0.05) is 24.9 Å². The highest BCUT2D eigenvalue weighted by Gasteiger charge is 2.13. The topological polar surface area (TPSA) is 80.0 Å². The number of hydrazine groups is 1. The first kappa shape index (κ1) is 14.0. The maximum Gasteiger partial charge on any atom is 0.253 e. The summed E-state index contributed by atoms with van der Waals surface area (Å²) in [6.45, 7) is 0.413. The van der Waals surface area contributed by atoms with E-state index in [2.05, 4.69) is 15.7 Å². The van der Waals surface area contributed by atoms with Gasteiger partial charge in [0.15, 0.2) is 0 Å². The van der Waals surface area contributed by atoms with E-state index in [1.807, 2.05) is 18.2 Å². The molecule has 0 spiro atoms. The first-order valence-electron chi connectivity index (χ1n) is 6.15. The summed E-state index contributed by atoms with van der Waals surface area (Å²) >= 11 is 0. The van der Waals surface area contributed by atoms with Gasteiger partial charge in [-0.15, -0.1) is 0 Å². The Balaban J connectivity index is 1.97. The van der Waals surface area contributed by atoms with Gasteiger partial charge < -0.3 is 10.7 Å². The minimum absolute atomic E-state index is 0.0113. The van der Waals surface area contributed by atoms with Crippen LogP contribution in [0, 0.1) is 5.82 Å². The Morgan fingerprint density at radius 3 is 2.80 bits per heavy atom. The number of hydrogen-bond donors (Lipinski definition) is 3. The molecule has 0 aliphatic rings. The van der Waals surface area contributed by atoms with E-state index in [0.29, 0.717) is 13.0 Å². The molecule has 6 heteroatoms. The van der Waals surface area contributed by atoms with Crippen molar-refractivity contribution in [2.24, 2.45) is 5.84 Å². The van der Waals surface area contributed by atoms with Crippen molar-refractivity contribution in [2.75, 3.05) is 12.0 Å². The lowest BCUT2D eigenvalue weighted by Gasteiger charge is -2.10. The number of halogens is 1. The third kappa shape index (κ3) is 3.30. The molecule has 0 aliphatic heterocycles. The smallest absolute Gasteiger partial charge is 0.253 e. The van der Waals surface area contributed by atoms with Gasteiger partial charge in [-0.2, -0.15) is 0 Å². The van der Waals surface area contributed by atoms with E-state index in [1.165, 1.54) is 18.2 Å². The quantitative estimate of drug-likeness (QED) is 0.570. The Hall–Kier alpha value is -2.47. The number of para-hydroxylation sites is 1. The number of nitrogens with one attached hydrogen (secondary N) is 2. The number of nitrogens with zero attached hydrogens (tertiary/aromatic N) is 1. The zero-order valence-electron chi connectivity index (χ0n) is 10.8. The molecule has 2 rings (SSSR count). The fourth-order valence-corrected chi connectivity index (χ4v) is 1.81. The van der Waals surface area contributed by atoms with Gasteiger partial charge in [-0.3, -0.25) is 15.6 Å². The average Bonchev–Trinajstić information content (AvgIpc) is 2.48. The molecule has 0 aliphatic carbocycles. The fourth-order valence-electron chi connectivity index (χ4n) is 1.81. The molecule has 1 aromatic carbocycles. The zero-order chi connectivity index (χ0) is 14.4. The van der Waals surface area contributed by atoms with Gasteiger partial charge in [-0.05, 0) is 24.3 Å². The van der Waals surface area contributed by atoms with Gasteiger partial charge in [0.2, 0.25) is 0 Å². The summed E-state index contributed by atoms with van der Waals surface area (Å²) in [7, 11) is 0. The Kier molecular flexibility index (Phi) is 4.62. The minimum Gasteiger partial charge on any atom is -0.352 e. The van der Waals surface area contributed by atoms with Gasteiger partial charge in [-0.1, -0.05) is 12.1 Å². The number of carbonyl (C=O) groups excluding carboxylic acids is 1. The summed E-state index contributed by atoms with van der Waals surface area (Å²) < 4.78 is 13.5. The molecule has 1 heterocycles. The van der Waals surface area contributed by atoms with E-state index < -0.39 is 5.82 Å². The number of nitrogens with two attached hydrogens (primary N) is 1. The van der Waals surface area contributed by atoms with E-state index in [0.717, 1.165) is 5.69 Å². The van der Waals surface area contributed by atoms with Crippen LogP contribution in [0.2, 0.25) is 0 Å². The van der Waals surface area contributed by atoms with Crippen molar-refractivity contribution in [3.05, 3.63) is 59.7 Å². The van der Waals surface area contributed by atoms with Crippen molar-refractivity contribution in [1.82, 2.24) is 10.3 Å². The molecule has 5 nitrogen and oxygen atoms in total. The standard InChI is InChI=1S/C14H15FN4O/c15-12-6-3-5-11(13(12)19-16)14(20)18-9-7-10-4-1-2-8-17-10/h1-6,8,19H,7,9,16H2,(H,18,20). The van der Waals surface area contributed by atoms with E-state index in [-0.39, 0.29) is 17.2 Å². The molecule has 2 aromatic rings. The molecule has 0 bridgehead atoms. The van der Waals surface area contributed by atoms with Gasteiger partial charge >= 0.3 is 0 Å². The molecule has 1 amide bonds. The van der Waals surface area contributed by atoms with E-state index in [1.54, 1.807) is 6.20 Å². The highest BCUT2D eigenvalue weighted by atomic mass is 19.1. The Morgan fingerprint density at radius 2 is 2.10 bits per heavy atom. The molecule has 4 N–H and O–H groups in total. The van der Waals surface area contributed by atoms with Crippen molar-refractivity contribution in [3.63, 3.8) is 0 Å². The number of carbonyl (C=O) groups is 1. The molecule has 0 unspecified atom stereocenters. The molecule has 0 radical (unpaired) electrons. The lowest BCUT2D eigenvalue weighted by Crippen LogP contribution is -2.27. The van der Waals surface area contributed by atoms with E-state index >= 15 is 0 Å². The van der Waals surface area contributed by atoms with Crippen LogP contribution in [0.1, 0.15) is 16.1 Å². The highest BCUT2D eigenvalue weighted by molar-refractivity contribution is 5.99. The monoisotopic (exact) mass is 274 g/mol. The third-order valence-corrected chi connectivity index (χ3v) is 2.80. The largest absolute Gasteiger partial charge is 0.352 e. The average molecular weight is 274 g/mol. The lowest BCUT2D eigenvalue weighted by molar-refractivity contribution is 0.0954. The minimum atomic E-state index is -0.565. The highest BCUT2D eigenvalue weighted by Crippen LogP contribution is 2.18. The first-order chi connectivity index (χ1) is 9.72. The summed E-state index contributed by atoms with van der Waals surface area (Å²) in [4.78, 5) is 16.1. The molecule has 1 aromatic heterocycles. The van der Waals surface area contributed by atoms with Crippen molar-refractivity contribution in [2.45, 2.75) is 6.42 Å². The summed E-state index contributed by atoms with van der Waals surface area (Å²) in [6.07, 6.45) is 2.30. The van der Waals surface area contributed by atoms with Crippen molar-refractivity contribution in [3.8, 4) is 0 Å². The van der Waals surface area contributed by atoms with Crippen molar-refractivity contribution < 1.29 is 9.18 Å². The maximum absolute atomic E-state index is 13.5. The van der Waals surface area contributed by atoms with Crippen molar-refractivity contribution >= 4 is 11.6 Å². The second-order valence-corrected chi connectivity index (χ2v) is 4.13. The van der Waals surface area contributed by atoms with Crippen LogP contribution >= 0.6 is 0 Å². The number of hydrogen-bond acceptors (Lipinski definition) is 4. The Bertz CT molecular complexity index is 589. The van der Waals surface area contributed by atoms with Crippen LogP contribution in [-0.2, 0) is 6.42 Å². The molecule has 20 heavy (non-hydrogen) atoms. The molecule has 0 saturated heterocycles. The fraction of sp³-hybridized carbons (Fsp3) is 0.143. The number of benzene rings is 1. The summed E-state index contributed by atoms with van der Waals surface area (Å²) in [5.74, 6) is 4.28. The second-order valence-electron chi connectivity index (χ2n) is 4.13. The number of aromatic nitrogens is 1. The molecular weight excluding hydrogens is 259 g/mol. The second kappa shape index (κ2) is 6.63. The van der Waals surface area contributed by atoms with Crippen molar-refractivity contribution in [1.29, 1.82) is 0 Å². The molecule has 0 saturated carbocycles.